The zero-order valence-electron chi connectivity index (χ0n) is 10.6. The third kappa shape index (κ3) is 2.21. The molecule has 0 spiro atoms. The van der Waals surface area contributed by atoms with Crippen LogP contribution in [0.15, 0.2) is 44.7 Å². The lowest BCUT2D eigenvalue weighted by molar-refractivity contribution is 0.415. The fourth-order valence-corrected chi connectivity index (χ4v) is 3.50. The normalized spacial score (nSPS) is 10.7. The first-order valence-electron chi connectivity index (χ1n) is 5.83. The van der Waals surface area contributed by atoms with E-state index in [9.17, 15) is 0 Å². The predicted molar refractivity (Wildman–Crippen MR) is 83.9 cm³/mol. The van der Waals surface area contributed by atoms with Crippen molar-refractivity contribution >= 4 is 33.2 Å². The molecule has 4 nitrogen and oxygen atoms in total. The van der Waals surface area contributed by atoms with E-state index >= 15 is 0 Å². The molecule has 3 aromatic rings. The summed E-state index contributed by atoms with van der Waals surface area (Å²) in [6.45, 7) is 0. The van der Waals surface area contributed by atoms with Crippen LogP contribution >= 0.6 is 27.3 Å². The van der Waals surface area contributed by atoms with Crippen LogP contribution in [-0.2, 0) is 0 Å². The molecule has 0 saturated heterocycles. The maximum absolute atomic E-state index is 5.93. The Morgan fingerprint density at radius 3 is 2.60 bits per heavy atom. The number of methoxy groups -OCH3 is 1. The van der Waals surface area contributed by atoms with Crippen molar-refractivity contribution in [2.24, 2.45) is 0 Å². The van der Waals surface area contributed by atoms with E-state index in [1.165, 1.54) is 0 Å². The number of hydrogen-bond donors (Lipinski definition) is 1. The second kappa shape index (κ2) is 5.30. The number of ether oxygens (including phenoxy) is 1. The molecular weight excluding hydrogens is 340 g/mol. The lowest BCUT2D eigenvalue weighted by Crippen LogP contribution is -1.88. The monoisotopic (exact) mass is 350 g/mol. The highest BCUT2D eigenvalue weighted by atomic mass is 79.9. The van der Waals surface area contributed by atoms with Gasteiger partial charge in [-0.2, -0.15) is 0 Å². The number of nitrogens with zero attached hydrogens (tertiary/aromatic N) is 1. The van der Waals surface area contributed by atoms with Crippen LogP contribution in [-0.4, -0.2) is 12.3 Å². The summed E-state index contributed by atoms with van der Waals surface area (Å²) in [5, 5.41) is 6.08. The molecule has 0 atom stereocenters. The molecule has 2 N–H and O–H groups in total. The molecule has 3 rings (SSSR count). The fraction of sp³-hybridized carbons (Fsp3) is 0.0714. The number of aromatic nitrogens is 1. The topological polar surface area (TPSA) is 61.3 Å². The Morgan fingerprint density at radius 1 is 1.25 bits per heavy atom. The average Bonchev–Trinajstić information content (AvgIpc) is 3.05. The van der Waals surface area contributed by atoms with Gasteiger partial charge in [-0.3, -0.25) is 0 Å². The van der Waals surface area contributed by atoms with Crippen LogP contribution < -0.4 is 10.5 Å². The van der Waals surface area contributed by atoms with Crippen LogP contribution in [0.4, 0.5) is 5.88 Å². The van der Waals surface area contributed by atoms with Gasteiger partial charge in [0.05, 0.1) is 17.6 Å². The van der Waals surface area contributed by atoms with Crippen molar-refractivity contribution in [2.45, 2.75) is 0 Å². The van der Waals surface area contributed by atoms with Crippen LogP contribution in [0.3, 0.4) is 0 Å². The van der Waals surface area contributed by atoms with Crippen LogP contribution in [0.1, 0.15) is 0 Å². The molecule has 0 unspecified atom stereocenters. The number of nitrogens with two attached hydrogens (primary N) is 1. The van der Waals surface area contributed by atoms with Crippen molar-refractivity contribution in [1.29, 1.82) is 0 Å². The maximum Gasteiger partial charge on any atom is 0.230 e. The Labute approximate surface area is 128 Å². The number of halogens is 1. The van der Waals surface area contributed by atoms with Gasteiger partial charge in [-0.25, -0.2) is 0 Å². The molecule has 0 aliphatic heterocycles. The molecule has 2 aromatic heterocycles. The van der Waals surface area contributed by atoms with Crippen molar-refractivity contribution in [3.05, 3.63) is 40.2 Å². The minimum Gasteiger partial charge on any atom is -0.497 e. The molecule has 0 aliphatic carbocycles. The van der Waals surface area contributed by atoms with Gasteiger partial charge in [0.1, 0.15) is 11.4 Å². The Hall–Kier alpha value is -1.79. The lowest BCUT2D eigenvalue weighted by atomic mass is 10.0. The van der Waals surface area contributed by atoms with Gasteiger partial charge in [-0.05, 0) is 45.1 Å². The van der Waals surface area contributed by atoms with E-state index in [1.807, 2.05) is 35.7 Å². The lowest BCUT2D eigenvalue weighted by Gasteiger charge is -2.04. The van der Waals surface area contributed by atoms with Crippen molar-refractivity contribution in [3.8, 4) is 27.4 Å². The van der Waals surface area contributed by atoms with Crippen molar-refractivity contribution in [3.63, 3.8) is 0 Å². The SMILES string of the molecule is COc1ccc(-c2c(-c3sccc3Br)noc2N)cc1. The molecule has 0 aliphatic rings. The largest absolute Gasteiger partial charge is 0.497 e. The molecule has 0 bridgehead atoms. The first-order valence-corrected chi connectivity index (χ1v) is 7.51. The highest BCUT2D eigenvalue weighted by Crippen LogP contribution is 2.41. The van der Waals surface area contributed by atoms with Gasteiger partial charge in [0.25, 0.3) is 0 Å². The highest BCUT2D eigenvalue weighted by Gasteiger charge is 2.20. The van der Waals surface area contributed by atoms with E-state index in [1.54, 1.807) is 18.4 Å². The summed E-state index contributed by atoms with van der Waals surface area (Å²) < 4.78 is 11.3. The third-order valence-electron chi connectivity index (χ3n) is 2.93. The van der Waals surface area contributed by atoms with Crippen molar-refractivity contribution in [1.82, 2.24) is 5.16 Å². The first kappa shape index (κ1) is 13.2. The second-order valence-corrected chi connectivity index (χ2v) is 5.87. The van der Waals surface area contributed by atoms with E-state index < -0.39 is 0 Å². The Morgan fingerprint density at radius 2 is 2.00 bits per heavy atom. The number of benzene rings is 1. The predicted octanol–water partition coefficient (Wildman–Crippen LogP) is 4.42. The van der Waals surface area contributed by atoms with Gasteiger partial charge in [0, 0.05) is 4.47 Å². The first-order chi connectivity index (χ1) is 9.70. The second-order valence-electron chi connectivity index (χ2n) is 4.10. The van der Waals surface area contributed by atoms with E-state index in [-0.39, 0.29) is 0 Å². The minimum absolute atomic E-state index is 0.311. The van der Waals surface area contributed by atoms with Crippen LogP contribution in [0.5, 0.6) is 5.75 Å². The van der Waals surface area contributed by atoms with Gasteiger partial charge < -0.3 is 15.0 Å². The molecule has 0 fully saturated rings. The quantitative estimate of drug-likeness (QED) is 0.759. The molecule has 0 saturated carbocycles. The smallest absolute Gasteiger partial charge is 0.230 e. The van der Waals surface area contributed by atoms with E-state index in [0.29, 0.717) is 5.88 Å². The Bertz CT molecular complexity index is 734. The molecular formula is C14H11BrN2O2S. The van der Waals surface area contributed by atoms with E-state index in [2.05, 4.69) is 21.1 Å². The molecule has 102 valence electrons. The number of rotatable bonds is 3. The van der Waals surface area contributed by atoms with Crippen molar-refractivity contribution < 1.29 is 9.26 Å². The van der Waals surface area contributed by atoms with E-state index in [0.717, 1.165) is 31.9 Å². The summed E-state index contributed by atoms with van der Waals surface area (Å²) in [7, 11) is 1.64. The number of anilines is 1. The standard InChI is InChI=1S/C14H11BrN2O2S/c1-18-9-4-2-8(3-5-9)11-12(17-19-14(11)16)13-10(15)6-7-20-13/h2-7H,16H2,1H3. The van der Waals surface area contributed by atoms with Crippen molar-refractivity contribution in [2.75, 3.05) is 12.8 Å². The summed E-state index contributed by atoms with van der Waals surface area (Å²) in [4.78, 5) is 0.997. The Balaban J connectivity index is 2.13. The zero-order chi connectivity index (χ0) is 14.1. The van der Waals surface area contributed by atoms with Gasteiger partial charge in [0.15, 0.2) is 0 Å². The van der Waals surface area contributed by atoms with E-state index in [4.69, 9.17) is 15.0 Å². The molecule has 6 heteroatoms. The number of nitrogen functional groups attached to an aromatic ring is 1. The van der Waals surface area contributed by atoms with Crippen LogP contribution in [0.25, 0.3) is 21.7 Å². The summed E-state index contributed by atoms with van der Waals surface area (Å²) in [5.74, 6) is 1.10. The summed E-state index contributed by atoms with van der Waals surface area (Å²) in [6, 6.07) is 9.62. The molecule has 2 heterocycles. The highest BCUT2D eigenvalue weighted by molar-refractivity contribution is 9.10. The molecule has 0 amide bonds. The average molecular weight is 351 g/mol. The number of hydrogen-bond acceptors (Lipinski definition) is 5. The minimum atomic E-state index is 0.311. The van der Waals surface area contributed by atoms with Crippen LogP contribution in [0.2, 0.25) is 0 Å². The Kier molecular flexibility index (Phi) is 3.50. The van der Waals surface area contributed by atoms with Gasteiger partial charge in [-0.15, -0.1) is 11.3 Å². The summed E-state index contributed by atoms with van der Waals surface area (Å²) in [5.41, 5.74) is 8.42. The molecule has 20 heavy (non-hydrogen) atoms. The van der Waals surface area contributed by atoms with Crippen LogP contribution in [0, 0.1) is 0 Å². The summed E-state index contributed by atoms with van der Waals surface area (Å²) >= 11 is 5.09. The molecule has 1 aromatic carbocycles. The van der Waals surface area contributed by atoms with Gasteiger partial charge in [-0.1, -0.05) is 17.3 Å². The maximum atomic E-state index is 5.93. The zero-order valence-corrected chi connectivity index (χ0v) is 13.0. The molecule has 0 radical (unpaired) electrons. The fourth-order valence-electron chi connectivity index (χ4n) is 1.96. The third-order valence-corrected chi connectivity index (χ3v) is 4.77. The number of thiophene rings is 1. The van der Waals surface area contributed by atoms with Gasteiger partial charge >= 0.3 is 0 Å². The summed E-state index contributed by atoms with van der Waals surface area (Å²) in [6.07, 6.45) is 0. The van der Waals surface area contributed by atoms with Gasteiger partial charge in [0.2, 0.25) is 5.88 Å².